The Morgan fingerprint density at radius 2 is 1.55 bits per heavy atom. The third-order valence-corrected chi connectivity index (χ3v) is 7.36. The average molecular weight is 481 g/mol. The Labute approximate surface area is 204 Å². The van der Waals surface area contributed by atoms with Gasteiger partial charge in [0.1, 0.15) is 0 Å². The van der Waals surface area contributed by atoms with Gasteiger partial charge >= 0.3 is 11.9 Å². The highest BCUT2D eigenvalue weighted by molar-refractivity contribution is 7.99. The molecule has 0 aliphatic carbocycles. The first-order chi connectivity index (χ1) is 16.0. The number of aryl methyl sites for hydroxylation is 1. The minimum Gasteiger partial charge on any atom is -0.481 e. The highest BCUT2D eigenvalue weighted by Gasteiger charge is 2.24. The number of carboxylic acids is 1. The normalized spacial score (nSPS) is 12.9. The molecule has 0 aliphatic heterocycles. The number of ether oxygens (including phenoxy) is 1. The van der Waals surface area contributed by atoms with E-state index in [0.717, 1.165) is 18.4 Å². The average Bonchev–Trinajstić information content (AvgIpc) is 2.81. The molecule has 0 radical (unpaired) electrons. The lowest BCUT2D eigenvalue weighted by Crippen LogP contribution is -2.19. The van der Waals surface area contributed by atoms with Crippen molar-refractivity contribution in [2.45, 2.75) is 108 Å². The molecule has 0 saturated carbocycles. The van der Waals surface area contributed by atoms with E-state index in [1.165, 1.54) is 82.2 Å². The Kier molecular flexibility index (Phi) is 16.8. The molecule has 188 valence electrons. The van der Waals surface area contributed by atoms with Gasteiger partial charge in [-0.1, -0.05) is 89.0 Å². The smallest absolute Gasteiger partial charge is 0.306 e. The van der Waals surface area contributed by atoms with Crippen LogP contribution in [0.3, 0.4) is 0 Å². The molecule has 6 heteroatoms. The van der Waals surface area contributed by atoms with E-state index in [-0.39, 0.29) is 30.5 Å². The number of esters is 1. The zero-order valence-corrected chi connectivity index (χ0v) is 21.4. The van der Waals surface area contributed by atoms with Crippen LogP contribution in [0.2, 0.25) is 0 Å². The number of carboxylic acid groups (broad SMARTS) is 1. The monoisotopic (exact) mass is 480 g/mol. The molecule has 0 heterocycles. The summed E-state index contributed by atoms with van der Waals surface area (Å²) in [5, 5.41) is 19.6. The standard InChI is InChI=1S/C27H44O5S/c1-3-4-5-6-7-8-9-10-11-12-15-22-16-13-14-17-23(22)27(24(28)18-19-25(29)30)33-21-20-26(31)32-2/h13-14,16-17,24,27-28H,3-12,15,18-21H2,1-2H3,(H,29,30). The van der Waals surface area contributed by atoms with Gasteiger partial charge in [-0.05, 0) is 30.4 Å². The van der Waals surface area contributed by atoms with Gasteiger partial charge in [0.2, 0.25) is 0 Å². The Balaban J connectivity index is 2.60. The first kappa shape index (κ1) is 29.5. The molecule has 2 atom stereocenters. The van der Waals surface area contributed by atoms with Crippen LogP contribution in [0, 0.1) is 0 Å². The van der Waals surface area contributed by atoms with Gasteiger partial charge in [-0.3, -0.25) is 9.59 Å². The first-order valence-corrected chi connectivity index (χ1v) is 13.7. The summed E-state index contributed by atoms with van der Waals surface area (Å²) in [5.74, 6) is -0.667. The molecule has 0 bridgehead atoms. The summed E-state index contributed by atoms with van der Waals surface area (Å²) in [5.41, 5.74) is 2.27. The molecule has 0 spiro atoms. The quantitative estimate of drug-likeness (QED) is 0.159. The number of hydrogen-bond donors (Lipinski definition) is 2. The van der Waals surface area contributed by atoms with E-state index >= 15 is 0 Å². The maximum absolute atomic E-state index is 11.5. The zero-order valence-electron chi connectivity index (χ0n) is 20.6. The van der Waals surface area contributed by atoms with E-state index in [1.807, 2.05) is 18.2 Å². The fraction of sp³-hybridized carbons (Fsp3) is 0.704. The van der Waals surface area contributed by atoms with Crippen LogP contribution in [0.1, 0.15) is 107 Å². The fourth-order valence-electron chi connectivity index (χ4n) is 4.04. The van der Waals surface area contributed by atoms with Gasteiger partial charge in [-0.25, -0.2) is 0 Å². The molecule has 0 saturated heterocycles. The lowest BCUT2D eigenvalue weighted by atomic mass is 9.95. The van der Waals surface area contributed by atoms with E-state index in [2.05, 4.69) is 13.0 Å². The van der Waals surface area contributed by atoms with Crippen molar-refractivity contribution in [3.8, 4) is 0 Å². The molecular weight excluding hydrogens is 436 g/mol. The predicted octanol–water partition coefficient (Wildman–Crippen LogP) is 6.71. The van der Waals surface area contributed by atoms with Crippen LogP contribution in [0.4, 0.5) is 0 Å². The van der Waals surface area contributed by atoms with E-state index < -0.39 is 12.1 Å². The second-order valence-corrected chi connectivity index (χ2v) is 10.00. The molecule has 0 amide bonds. The number of hydrogen-bond acceptors (Lipinski definition) is 5. The molecule has 1 aromatic rings. The van der Waals surface area contributed by atoms with Crippen molar-refractivity contribution in [3.05, 3.63) is 35.4 Å². The minimum atomic E-state index is -0.911. The van der Waals surface area contributed by atoms with Crippen LogP contribution in [-0.2, 0) is 20.7 Å². The van der Waals surface area contributed by atoms with Crippen LogP contribution in [0.15, 0.2) is 24.3 Å². The number of aliphatic hydroxyl groups excluding tert-OH is 1. The van der Waals surface area contributed by atoms with Crippen LogP contribution in [0.25, 0.3) is 0 Å². The molecule has 1 rings (SSSR count). The summed E-state index contributed by atoms with van der Waals surface area (Å²) in [4.78, 5) is 22.5. The maximum Gasteiger partial charge on any atom is 0.306 e. The summed E-state index contributed by atoms with van der Waals surface area (Å²) in [6, 6.07) is 8.14. The van der Waals surface area contributed by atoms with Gasteiger partial charge in [-0.2, -0.15) is 11.8 Å². The summed E-state index contributed by atoms with van der Waals surface area (Å²) >= 11 is 1.51. The fourth-order valence-corrected chi connectivity index (χ4v) is 5.35. The molecule has 2 N–H and O–H groups in total. The molecule has 0 aliphatic rings. The Morgan fingerprint density at radius 3 is 2.15 bits per heavy atom. The number of carbonyl (C=O) groups excluding carboxylic acids is 1. The third kappa shape index (κ3) is 13.7. The number of methoxy groups -OCH3 is 1. The van der Waals surface area contributed by atoms with E-state index in [1.54, 1.807) is 0 Å². The molecule has 5 nitrogen and oxygen atoms in total. The molecule has 0 fully saturated rings. The number of carbonyl (C=O) groups is 2. The number of rotatable bonds is 20. The van der Waals surface area contributed by atoms with E-state index in [9.17, 15) is 14.7 Å². The van der Waals surface area contributed by atoms with Crippen molar-refractivity contribution < 1.29 is 24.5 Å². The Hall–Kier alpha value is -1.53. The predicted molar refractivity (Wildman–Crippen MR) is 137 cm³/mol. The lowest BCUT2D eigenvalue weighted by molar-refractivity contribution is -0.140. The van der Waals surface area contributed by atoms with Crippen molar-refractivity contribution in [3.63, 3.8) is 0 Å². The Morgan fingerprint density at radius 1 is 0.939 bits per heavy atom. The van der Waals surface area contributed by atoms with Crippen molar-refractivity contribution in [1.82, 2.24) is 0 Å². The zero-order chi connectivity index (χ0) is 24.3. The van der Waals surface area contributed by atoms with Crippen molar-refractivity contribution in [2.24, 2.45) is 0 Å². The number of benzene rings is 1. The van der Waals surface area contributed by atoms with Crippen molar-refractivity contribution >= 4 is 23.7 Å². The van der Waals surface area contributed by atoms with Gasteiger partial charge in [0.25, 0.3) is 0 Å². The second-order valence-electron chi connectivity index (χ2n) is 8.75. The van der Waals surface area contributed by atoms with Gasteiger partial charge in [0, 0.05) is 12.2 Å². The van der Waals surface area contributed by atoms with E-state index in [0.29, 0.717) is 5.75 Å². The molecule has 2 unspecified atom stereocenters. The molecule has 0 aromatic heterocycles. The van der Waals surface area contributed by atoms with E-state index in [4.69, 9.17) is 9.84 Å². The topological polar surface area (TPSA) is 83.8 Å². The number of unbranched alkanes of at least 4 members (excludes halogenated alkanes) is 9. The van der Waals surface area contributed by atoms with Gasteiger partial charge < -0.3 is 14.9 Å². The molecule has 33 heavy (non-hydrogen) atoms. The summed E-state index contributed by atoms with van der Waals surface area (Å²) in [7, 11) is 1.37. The third-order valence-electron chi connectivity index (χ3n) is 6.00. The summed E-state index contributed by atoms with van der Waals surface area (Å²) < 4.78 is 4.73. The molecule has 1 aromatic carbocycles. The van der Waals surface area contributed by atoms with Crippen LogP contribution >= 0.6 is 11.8 Å². The van der Waals surface area contributed by atoms with Gasteiger partial charge in [0.15, 0.2) is 0 Å². The van der Waals surface area contributed by atoms with Crippen molar-refractivity contribution in [2.75, 3.05) is 12.9 Å². The first-order valence-electron chi connectivity index (χ1n) is 12.7. The number of aliphatic carboxylic acids is 1. The number of aliphatic hydroxyl groups is 1. The summed E-state index contributed by atoms with van der Waals surface area (Å²) in [6.45, 7) is 2.25. The molecular formula is C27H44O5S. The highest BCUT2D eigenvalue weighted by Crippen LogP contribution is 2.37. The lowest BCUT2D eigenvalue weighted by Gasteiger charge is -2.25. The number of thioether (sulfide) groups is 1. The van der Waals surface area contributed by atoms with Gasteiger partial charge in [-0.15, -0.1) is 0 Å². The van der Waals surface area contributed by atoms with Crippen LogP contribution in [-0.4, -0.2) is 41.1 Å². The second kappa shape index (κ2) is 18.8. The highest BCUT2D eigenvalue weighted by atomic mass is 32.2. The van der Waals surface area contributed by atoms with Crippen LogP contribution < -0.4 is 0 Å². The van der Waals surface area contributed by atoms with Gasteiger partial charge in [0.05, 0.1) is 24.9 Å². The minimum absolute atomic E-state index is 0.0736. The summed E-state index contributed by atoms with van der Waals surface area (Å²) in [6.07, 6.45) is 13.5. The largest absolute Gasteiger partial charge is 0.481 e. The van der Waals surface area contributed by atoms with Crippen molar-refractivity contribution in [1.29, 1.82) is 0 Å². The van der Waals surface area contributed by atoms with Crippen LogP contribution in [0.5, 0.6) is 0 Å². The maximum atomic E-state index is 11.5. The Bertz CT molecular complexity index is 664. The SMILES string of the molecule is CCCCCCCCCCCCc1ccccc1C(SCCC(=O)OC)C(O)CCC(=O)O.